The topological polar surface area (TPSA) is 89.5 Å². The summed E-state index contributed by atoms with van der Waals surface area (Å²) in [5.41, 5.74) is 5.74. The molecule has 1 heterocycles. The van der Waals surface area contributed by atoms with Gasteiger partial charge in [-0.15, -0.1) is 0 Å². The Morgan fingerprint density at radius 3 is 2.65 bits per heavy atom. The zero-order valence-electron chi connectivity index (χ0n) is 11.5. The van der Waals surface area contributed by atoms with Crippen molar-refractivity contribution >= 4 is 17.3 Å². The number of nitrogens with two attached hydrogens (primary N) is 1. The highest BCUT2D eigenvalue weighted by Crippen LogP contribution is 2.25. The number of hydrogen-bond acceptors (Lipinski definition) is 4. The van der Waals surface area contributed by atoms with Gasteiger partial charge in [0.05, 0.1) is 4.92 Å². The Balaban J connectivity index is 2.14. The zero-order chi connectivity index (χ0) is 14.7. The first-order valence-corrected chi connectivity index (χ1v) is 6.86. The Morgan fingerprint density at radius 2 is 2.10 bits per heavy atom. The van der Waals surface area contributed by atoms with Crippen molar-refractivity contribution in [3.05, 3.63) is 33.9 Å². The van der Waals surface area contributed by atoms with Crippen LogP contribution in [0.25, 0.3) is 0 Å². The molecule has 6 nitrogen and oxygen atoms in total. The Hall–Kier alpha value is -2.11. The van der Waals surface area contributed by atoms with Gasteiger partial charge in [0.15, 0.2) is 0 Å². The minimum absolute atomic E-state index is 0.0799. The fraction of sp³-hybridized carbons (Fsp3) is 0.500. The van der Waals surface area contributed by atoms with Gasteiger partial charge in [-0.1, -0.05) is 13.3 Å². The minimum Gasteiger partial charge on any atom is -0.393 e. The predicted octanol–water partition coefficient (Wildman–Crippen LogP) is 2.44. The van der Waals surface area contributed by atoms with Gasteiger partial charge in [-0.05, 0) is 30.9 Å². The number of amides is 1. The van der Waals surface area contributed by atoms with Crippen molar-refractivity contribution < 1.29 is 9.72 Å². The van der Waals surface area contributed by atoms with Gasteiger partial charge in [-0.25, -0.2) is 0 Å². The number of piperidine rings is 1. The van der Waals surface area contributed by atoms with Crippen LogP contribution in [0.15, 0.2) is 18.2 Å². The number of anilines is 1. The molecule has 1 aromatic carbocycles. The third-order valence-corrected chi connectivity index (χ3v) is 3.95. The van der Waals surface area contributed by atoms with Crippen LogP contribution < -0.4 is 5.73 Å². The zero-order valence-corrected chi connectivity index (χ0v) is 11.5. The molecule has 2 rings (SSSR count). The number of nitro benzene ring substituents is 1. The fourth-order valence-electron chi connectivity index (χ4n) is 2.56. The first-order chi connectivity index (χ1) is 9.52. The number of benzene rings is 1. The maximum absolute atomic E-state index is 12.3. The molecule has 1 aliphatic heterocycles. The normalized spacial score (nSPS) is 16.1. The van der Waals surface area contributed by atoms with E-state index in [2.05, 4.69) is 6.92 Å². The van der Waals surface area contributed by atoms with Crippen molar-refractivity contribution in [2.24, 2.45) is 5.92 Å². The molecule has 0 spiro atoms. The van der Waals surface area contributed by atoms with Crippen LogP contribution in [-0.4, -0.2) is 28.8 Å². The maximum Gasteiger partial charge on any atom is 0.292 e. The van der Waals surface area contributed by atoms with Gasteiger partial charge < -0.3 is 10.6 Å². The molecule has 6 heteroatoms. The summed E-state index contributed by atoms with van der Waals surface area (Å²) in [6, 6.07) is 4.24. The molecule has 20 heavy (non-hydrogen) atoms. The minimum atomic E-state index is -0.560. The van der Waals surface area contributed by atoms with Gasteiger partial charge >= 0.3 is 0 Å². The highest BCUT2D eigenvalue weighted by atomic mass is 16.6. The summed E-state index contributed by atoms with van der Waals surface area (Å²) in [5, 5.41) is 10.9. The standard InChI is InChI=1S/C14H19N3O3/c1-2-10-5-7-16(8-6-10)14(18)11-3-4-12(15)13(9-11)17(19)20/h3-4,9-10H,2,5-8,15H2,1H3. The van der Waals surface area contributed by atoms with Crippen molar-refractivity contribution in [2.45, 2.75) is 26.2 Å². The molecule has 0 aromatic heterocycles. The van der Waals surface area contributed by atoms with E-state index in [0.29, 0.717) is 11.5 Å². The van der Waals surface area contributed by atoms with E-state index >= 15 is 0 Å². The molecule has 0 radical (unpaired) electrons. The van der Waals surface area contributed by atoms with Crippen LogP contribution in [0.5, 0.6) is 0 Å². The Kier molecular flexibility index (Phi) is 4.22. The van der Waals surface area contributed by atoms with E-state index in [1.807, 2.05) is 0 Å². The summed E-state index contributed by atoms with van der Waals surface area (Å²) in [4.78, 5) is 24.4. The number of likely N-dealkylation sites (tertiary alicyclic amines) is 1. The molecular formula is C14H19N3O3. The molecule has 2 N–H and O–H groups in total. The van der Waals surface area contributed by atoms with E-state index in [1.54, 1.807) is 11.0 Å². The van der Waals surface area contributed by atoms with Crippen LogP contribution >= 0.6 is 0 Å². The lowest BCUT2D eigenvalue weighted by atomic mass is 9.94. The summed E-state index contributed by atoms with van der Waals surface area (Å²) in [6.45, 7) is 3.59. The quantitative estimate of drug-likeness (QED) is 0.522. The molecule has 0 atom stereocenters. The van der Waals surface area contributed by atoms with E-state index < -0.39 is 4.92 Å². The molecule has 1 aliphatic rings. The summed E-state index contributed by atoms with van der Waals surface area (Å²) in [5.74, 6) is 0.530. The molecule has 1 amide bonds. The summed E-state index contributed by atoms with van der Waals surface area (Å²) in [7, 11) is 0. The van der Waals surface area contributed by atoms with Crippen molar-refractivity contribution in [1.82, 2.24) is 4.90 Å². The van der Waals surface area contributed by atoms with Crippen LogP contribution in [0.4, 0.5) is 11.4 Å². The highest BCUT2D eigenvalue weighted by molar-refractivity contribution is 5.95. The van der Waals surface area contributed by atoms with Gasteiger partial charge in [-0.3, -0.25) is 14.9 Å². The molecule has 0 saturated carbocycles. The molecule has 1 aromatic rings. The van der Waals surface area contributed by atoms with Gasteiger partial charge in [0.1, 0.15) is 5.69 Å². The van der Waals surface area contributed by atoms with Crippen LogP contribution in [0.3, 0.4) is 0 Å². The average Bonchev–Trinajstić information content (AvgIpc) is 2.47. The lowest BCUT2D eigenvalue weighted by molar-refractivity contribution is -0.383. The molecule has 0 bridgehead atoms. The molecule has 1 saturated heterocycles. The Labute approximate surface area is 117 Å². The van der Waals surface area contributed by atoms with E-state index in [0.717, 1.165) is 32.4 Å². The van der Waals surface area contributed by atoms with Crippen molar-refractivity contribution in [3.8, 4) is 0 Å². The Morgan fingerprint density at radius 1 is 1.45 bits per heavy atom. The van der Waals surface area contributed by atoms with Gasteiger partial charge in [0.2, 0.25) is 0 Å². The van der Waals surface area contributed by atoms with E-state index in [9.17, 15) is 14.9 Å². The van der Waals surface area contributed by atoms with Gasteiger partial charge in [0, 0.05) is 24.7 Å². The monoisotopic (exact) mass is 277 g/mol. The number of hydrogen-bond donors (Lipinski definition) is 1. The molecule has 0 unspecified atom stereocenters. The first-order valence-electron chi connectivity index (χ1n) is 6.86. The van der Waals surface area contributed by atoms with Crippen LogP contribution in [0.1, 0.15) is 36.5 Å². The van der Waals surface area contributed by atoms with Gasteiger partial charge in [-0.2, -0.15) is 0 Å². The second-order valence-corrected chi connectivity index (χ2v) is 5.17. The van der Waals surface area contributed by atoms with Crippen molar-refractivity contribution in [1.29, 1.82) is 0 Å². The molecule has 1 fully saturated rings. The molecule has 0 aliphatic carbocycles. The van der Waals surface area contributed by atoms with E-state index in [1.165, 1.54) is 12.1 Å². The summed E-state index contributed by atoms with van der Waals surface area (Å²) < 4.78 is 0. The lowest BCUT2D eigenvalue weighted by Gasteiger charge is -2.31. The smallest absolute Gasteiger partial charge is 0.292 e. The number of carbonyl (C=O) groups excluding carboxylic acids is 1. The van der Waals surface area contributed by atoms with Crippen LogP contribution in [0.2, 0.25) is 0 Å². The predicted molar refractivity (Wildman–Crippen MR) is 76.4 cm³/mol. The lowest BCUT2D eigenvalue weighted by Crippen LogP contribution is -2.38. The third-order valence-electron chi connectivity index (χ3n) is 3.95. The van der Waals surface area contributed by atoms with Crippen molar-refractivity contribution in [2.75, 3.05) is 18.8 Å². The number of nitrogens with zero attached hydrogens (tertiary/aromatic N) is 2. The number of carbonyl (C=O) groups is 1. The van der Waals surface area contributed by atoms with E-state index in [4.69, 9.17) is 5.73 Å². The largest absolute Gasteiger partial charge is 0.393 e. The SMILES string of the molecule is CCC1CCN(C(=O)c2ccc(N)c([N+](=O)[O-])c2)CC1. The van der Waals surface area contributed by atoms with Crippen LogP contribution in [0, 0.1) is 16.0 Å². The van der Waals surface area contributed by atoms with E-state index in [-0.39, 0.29) is 17.3 Å². The van der Waals surface area contributed by atoms with Crippen molar-refractivity contribution in [3.63, 3.8) is 0 Å². The van der Waals surface area contributed by atoms with Gasteiger partial charge in [0.25, 0.3) is 11.6 Å². The summed E-state index contributed by atoms with van der Waals surface area (Å²) in [6.07, 6.45) is 3.13. The molecule has 108 valence electrons. The fourth-order valence-corrected chi connectivity index (χ4v) is 2.56. The number of nitro groups is 1. The Bertz CT molecular complexity index is 522. The first kappa shape index (κ1) is 14.3. The highest BCUT2D eigenvalue weighted by Gasteiger charge is 2.24. The molecular weight excluding hydrogens is 258 g/mol. The second-order valence-electron chi connectivity index (χ2n) is 5.17. The summed E-state index contributed by atoms with van der Waals surface area (Å²) >= 11 is 0. The third kappa shape index (κ3) is 2.89. The van der Waals surface area contributed by atoms with Crippen LogP contribution in [-0.2, 0) is 0 Å². The number of rotatable bonds is 3. The number of nitrogen functional groups attached to an aromatic ring is 1. The second kappa shape index (κ2) is 5.90. The average molecular weight is 277 g/mol. The maximum atomic E-state index is 12.3.